The van der Waals surface area contributed by atoms with Gasteiger partial charge < -0.3 is 9.47 Å². The Morgan fingerprint density at radius 1 is 0.568 bits per heavy atom. The van der Waals surface area contributed by atoms with Crippen molar-refractivity contribution in [3.63, 3.8) is 0 Å². The van der Waals surface area contributed by atoms with E-state index < -0.39 is 0 Å². The molecule has 1 aliphatic heterocycles. The second-order valence-electron chi connectivity index (χ2n) is 10.4. The van der Waals surface area contributed by atoms with Gasteiger partial charge in [-0.25, -0.2) is 4.98 Å². The highest BCUT2D eigenvalue weighted by Gasteiger charge is 2.37. The van der Waals surface area contributed by atoms with Crippen molar-refractivity contribution in [2.45, 2.75) is 19.3 Å². The third-order valence-electron chi connectivity index (χ3n) is 7.91. The first kappa shape index (κ1) is 20.6. The van der Waals surface area contributed by atoms with Crippen LogP contribution in [0.3, 0.4) is 0 Å². The minimum absolute atomic E-state index is 0.0830. The van der Waals surface area contributed by atoms with Gasteiger partial charge in [0.15, 0.2) is 23.0 Å². The number of ether oxygens (including phenoxy) is 2. The van der Waals surface area contributed by atoms with Crippen LogP contribution in [0.4, 0.5) is 0 Å². The Hall–Kier alpha value is -4.63. The lowest BCUT2D eigenvalue weighted by Gasteiger charge is -2.25. The first-order valence-electron chi connectivity index (χ1n) is 12.6. The van der Waals surface area contributed by atoms with Gasteiger partial charge >= 0.3 is 0 Å². The highest BCUT2D eigenvalue weighted by atomic mass is 16.6. The minimum atomic E-state index is -0.0830. The number of nitrogens with zero attached hydrogens (tertiary/aromatic N) is 1. The molecule has 0 saturated heterocycles. The van der Waals surface area contributed by atoms with Crippen molar-refractivity contribution >= 4 is 21.7 Å². The van der Waals surface area contributed by atoms with Gasteiger partial charge in [-0.2, -0.15) is 0 Å². The zero-order chi connectivity index (χ0) is 24.7. The average Bonchev–Trinajstić information content (AvgIpc) is 3.16. The monoisotopic (exact) mass is 477 g/mol. The van der Waals surface area contributed by atoms with E-state index in [2.05, 4.69) is 105 Å². The Labute approximate surface area is 214 Å². The van der Waals surface area contributed by atoms with Gasteiger partial charge in [0, 0.05) is 21.8 Å². The molecule has 176 valence electrons. The number of fused-ring (bicyclic) bond motifs is 8. The number of hydrogen-bond donors (Lipinski definition) is 0. The molecule has 0 fully saturated rings. The Morgan fingerprint density at radius 2 is 1.30 bits per heavy atom. The molecule has 6 aromatic rings. The third kappa shape index (κ3) is 2.91. The van der Waals surface area contributed by atoms with Gasteiger partial charge in [-0.3, -0.25) is 0 Å². The molecule has 0 N–H and O–H groups in total. The summed E-state index contributed by atoms with van der Waals surface area (Å²) >= 11 is 0. The van der Waals surface area contributed by atoms with Crippen LogP contribution in [0.25, 0.3) is 44.1 Å². The van der Waals surface area contributed by atoms with Crippen LogP contribution in [0.15, 0.2) is 103 Å². The van der Waals surface area contributed by atoms with Gasteiger partial charge in [0.1, 0.15) is 0 Å². The van der Waals surface area contributed by atoms with E-state index in [4.69, 9.17) is 14.5 Å². The molecule has 0 saturated carbocycles. The van der Waals surface area contributed by atoms with Crippen molar-refractivity contribution in [1.29, 1.82) is 0 Å². The van der Waals surface area contributed by atoms with Gasteiger partial charge in [-0.05, 0) is 64.0 Å². The molecule has 0 bridgehead atoms. The van der Waals surface area contributed by atoms with Crippen LogP contribution in [0.5, 0.6) is 23.0 Å². The van der Waals surface area contributed by atoms with E-state index in [0.717, 1.165) is 44.8 Å². The zero-order valence-electron chi connectivity index (χ0n) is 20.6. The molecule has 0 amide bonds. The van der Waals surface area contributed by atoms with Crippen molar-refractivity contribution in [2.75, 3.05) is 0 Å². The van der Waals surface area contributed by atoms with E-state index in [-0.39, 0.29) is 5.41 Å². The second kappa shape index (κ2) is 7.21. The lowest BCUT2D eigenvalue weighted by atomic mass is 9.82. The fourth-order valence-electron chi connectivity index (χ4n) is 5.95. The van der Waals surface area contributed by atoms with Crippen LogP contribution in [0.1, 0.15) is 25.0 Å². The van der Waals surface area contributed by atoms with E-state index >= 15 is 0 Å². The van der Waals surface area contributed by atoms with Crippen LogP contribution in [-0.4, -0.2) is 4.98 Å². The van der Waals surface area contributed by atoms with Gasteiger partial charge in [0.05, 0.1) is 11.2 Å². The van der Waals surface area contributed by atoms with Gasteiger partial charge in [-0.1, -0.05) is 80.6 Å². The lowest BCUT2D eigenvalue weighted by Crippen LogP contribution is -2.15. The largest absolute Gasteiger partial charge is 0.450 e. The van der Waals surface area contributed by atoms with Crippen molar-refractivity contribution in [3.05, 3.63) is 114 Å². The van der Waals surface area contributed by atoms with Crippen LogP contribution < -0.4 is 9.47 Å². The predicted octanol–water partition coefficient (Wildman–Crippen LogP) is 9.26. The molecular weight excluding hydrogens is 454 g/mol. The van der Waals surface area contributed by atoms with E-state index in [9.17, 15) is 0 Å². The molecule has 2 heterocycles. The van der Waals surface area contributed by atoms with Crippen LogP contribution >= 0.6 is 0 Å². The smallest absolute Gasteiger partial charge is 0.170 e. The first-order valence-corrected chi connectivity index (χ1v) is 12.6. The summed E-state index contributed by atoms with van der Waals surface area (Å²) < 4.78 is 12.8. The fraction of sp³-hybridized carbons (Fsp3) is 0.0882. The summed E-state index contributed by atoms with van der Waals surface area (Å²) in [4.78, 5) is 5.06. The second-order valence-corrected chi connectivity index (χ2v) is 10.4. The average molecular weight is 478 g/mol. The fourth-order valence-corrected chi connectivity index (χ4v) is 5.95. The summed E-state index contributed by atoms with van der Waals surface area (Å²) in [7, 11) is 0. The molecule has 37 heavy (non-hydrogen) atoms. The Balaban J connectivity index is 1.22. The Morgan fingerprint density at radius 3 is 2.24 bits per heavy atom. The molecule has 0 unspecified atom stereocenters. The summed E-state index contributed by atoms with van der Waals surface area (Å²) in [5, 5.41) is 3.48. The third-order valence-corrected chi connectivity index (χ3v) is 7.91. The van der Waals surface area contributed by atoms with E-state index in [0.29, 0.717) is 5.75 Å². The molecular formula is C34H23NO2. The number of hydrogen-bond acceptors (Lipinski definition) is 3. The maximum atomic E-state index is 6.45. The summed E-state index contributed by atoms with van der Waals surface area (Å²) in [5.74, 6) is 2.93. The van der Waals surface area contributed by atoms with Crippen molar-refractivity contribution < 1.29 is 9.47 Å². The molecule has 1 aliphatic carbocycles. The van der Waals surface area contributed by atoms with Gasteiger partial charge in [0.25, 0.3) is 0 Å². The SMILES string of the molecule is CC1(C)c2ccccc2-c2cc3c(cc21)Oc1ccc(-c2ccc4ccc5ccccc5c4n2)cc1O3. The predicted molar refractivity (Wildman–Crippen MR) is 149 cm³/mol. The van der Waals surface area contributed by atoms with Crippen molar-refractivity contribution in [2.24, 2.45) is 0 Å². The van der Waals surface area contributed by atoms with Crippen LogP contribution in [0.2, 0.25) is 0 Å². The Kier molecular flexibility index (Phi) is 4.00. The topological polar surface area (TPSA) is 31.4 Å². The molecule has 0 spiro atoms. The highest BCUT2D eigenvalue weighted by molar-refractivity contribution is 6.05. The molecule has 3 nitrogen and oxygen atoms in total. The van der Waals surface area contributed by atoms with E-state index in [1.165, 1.54) is 27.6 Å². The normalized spacial score (nSPS) is 14.3. The number of benzene rings is 5. The quantitative estimate of drug-likeness (QED) is 0.221. The molecule has 2 aliphatic rings. The molecule has 5 aromatic carbocycles. The Bertz CT molecular complexity index is 1920. The molecule has 0 atom stereocenters. The molecule has 8 rings (SSSR count). The first-order chi connectivity index (χ1) is 18.1. The van der Waals surface area contributed by atoms with Crippen LogP contribution in [-0.2, 0) is 5.41 Å². The molecule has 0 radical (unpaired) electrons. The van der Waals surface area contributed by atoms with Crippen LogP contribution in [0, 0.1) is 0 Å². The van der Waals surface area contributed by atoms with Gasteiger partial charge in [0.2, 0.25) is 0 Å². The number of rotatable bonds is 1. The van der Waals surface area contributed by atoms with Gasteiger partial charge in [-0.15, -0.1) is 0 Å². The van der Waals surface area contributed by atoms with E-state index in [1.807, 2.05) is 12.1 Å². The lowest BCUT2D eigenvalue weighted by molar-refractivity contribution is 0.359. The zero-order valence-corrected chi connectivity index (χ0v) is 20.6. The highest BCUT2D eigenvalue weighted by Crippen LogP contribution is 2.55. The maximum Gasteiger partial charge on any atom is 0.170 e. The van der Waals surface area contributed by atoms with E-state index in [1.54, 1.807) is 0 Å². The van der Waals surface area contributed by atoms with Crippen molar-refractivity contribution in [3.8, 4) is 45.4 Å². The van der Waals surface area contributed by atoms with Crippen molar-refractivity contribution in [1.82, 2.24) is 4.98 Å². The maximum absolute atomic E-state index is 6.45. The standard InChI is InChI=1S/C34H23NO2/c1-34(2)26-10-6-5-9-24(26)25-18-31-32(19-27(25)34)36-29-16-14-22(17-30(29)37-31)28-15-13-21-12-11-20-7-3-4-8-23(20)33(21)35-28/h3-19H,1-2H3. The summed E-state index contributed by atoms with van der Waals surface area (Å²) in [5.41, 5.74) is 7.91. The number of pyridine rings is 1. The molecule has 3 heteroatoms. The summed E-state index contributed by atoms with van der Waals surface area (Å²) in [6.45, 7) is 4.54. The summed E-state index contributed by atoms with van der Waals surface area (Å²) in [6, 6.07) is 35.8. The minimum Gasteiger partial charge on any atom is -0.450 e. The summed E-state index contributed by atoms with van der Waals surface area (Å²) in [6.07, 6.45) is 0. The molecule has 1 aromatic heterocycles. The number of aromatic nitrogens is 1.